The number of nitrogens with zero attached hydrogens (tertiary/aromatic N) is 1. The predicted octanol–water partition coefficient (Wildman–Crippen LogP) is 3.42. The van der Waals surface area contributed by atoms with Crippen LogP contribution < -0.4 is 0 Å². The minimum atomic E-state index is -4.02. The van der Waals surface area contributed by atoms with E-state index in [-0.39, 0.29) is 27.2 Å². The lowest BCUT2D eigenvalue weighted by molar-refractivity contribution is -0.144. The summed E-state index contributed by atoms with van der Waals surface area (Å²) in [6.07, 6.45) is 0.429. The number of rotatable bonds is 4. The molecule has 1 N–H and O–H groups in total. The van der Waals surface area contributed by atoms with Crippen molar-refractivity contribution in [1.29, 1.82) is 0 Å². The molecule has 1 fully saturated rings. The van der Waals surface area contributed by atoms with E-state index in [0.717, 1.165) is 9.87 Å². The lowest BCUT2D eigenvalue weighted by atomic mass is 9.92. The average molecular weight is 430 g/mol. The van der Waals surface area contributed by atoms with E-state index in [0.29, 0.717) is 6.42 Å². The van der Waals surface area contributed by atoms with Crippen LogP contribution in [0.4, 0.5) is 0 Å². The Morgan fingerprint density at radius 2 is 1.74 bits per heavy atom. The summed E-state index contributed by atoms with van der Waals surface area (Å²) >= 11 is 11.9. The highest BCUT2D eigenvalue weighted by atomic mass is 35.5. The van der Waals surface area contributed by atoms with Gasteiger partial charge in [0.25, 0.3) is 0 Å². The van der Waals surface area contributed by atoms with Gasteiger partial charge in [0.05, 0.1) is 12.0 Å². The van der Waals surface area contributed by atoms with Gasteiger partial charge in [-0.1, -0.05) is 35.3 Å². The number of halogens is 2. The van der Waals surface area contributed by atoms with E-state index in [2.05, 4.69) is 0 Å². The van der Waals surface area contributed by atoms with Crippen molar-refractivity contribution in [2.75, 3.05) is 13.7 Å². The van der Waals surface area contributed by atoms with Crippen molar-refractivity contribution >= 4 is 39.2 Å². The number of hydrogen-bond donors (Lipinski definition) is 1. The fourth-order valence-corrected chi connectivity index (χ4v) is 5.68. The Labute approximate surface area is 167 Å². The first-order valence-corrected chi connectivity index (χ1v) is 10.3. The molecule has 1 unspecified atom stereocenters. The van der Waals surface area contributed by atoms with Gasteiger partial charge in [-0.05, 0) is 42.3 Å². The monoisotopic (exact) mass is 429 g/mol. The molecule has 0 bridgehead atoms. The van der Waals surface area contributed by atoms with Crippen LogP contribution in [0.5, 0.6) is 5.75 Å². The minimum Gasteiger partial charge on any atom is -0.508 e. The lowest BCUT2D eigenvalue weighted by Crippen LogP contribution is -2.43. The summed E-state index contributed by atoms with van der Waals surface area (Å²) in [5.41, 5.74) is 0.741. The van der Waals surface area contributed by atoms with Gasteiger partial charge in [0, 0.05) is 22.5 Å². The number of phenolic OH excluding ortho intramolecular Hbond substituents is 1. The van der Waals surface area contributed by atoms with Crippen molar-refractivity contribution in [1.82, 2.24) is 4.31 Å². The van der Waals surface area contributed by atoms with E-state index < -0.39 is 28.0 Å². The van der Waals surface area contributed by atoms with Gasteiger partial charge in [-0.25, -0.2) is 8.42 Å². The van der Waals surface area contributed by atoms with E-state index in [4.69, 9.17) is 27.9 Å². The Morgan fingerprint density at radius 1 is 1.15 bits per heavy atom. The molecule has 6 nitrogen and oxygen atoms in total. The number of carbonyl (C=O) groups excluding carboxylic acids is 1. The maximum absolute atomic E-state index is 13.2. The summed E-state index contributed by atoms with van der Waals surface area (Å²) in [7, 11) is -2.80. The Bertz CT molecular complexity index is 942. The lowest BCUT2D eigenvalue weighted by Gasteiger charge is -2.26. The third-order valence-electron chi connectivity index (χ3n) is 4.56. The van der Waals surface area contributed by atoms with E-state index in [1.54, 1.807) is 12.1 Å². The van der Waals surface area contributed by atoms with Crippen molar-refractivity contribution in [3.8, 4) is 5.75 Å². The molecule has 0 saturated carbocycles. The molecule has 2 aromatic rings. The number of carbonyl (C=O) groups is 1. The number of benzene rings is 2. The smallest absolute Gasteiger partial charge is 0.324 e. The first-order valence-electron chi connectivity index (χ1n) is 8.08. The molecule has 0 aliphatic carbocycles. The molecule has 9 heteroatoms. The van der Waals surface area contributed by atoms with Crippen LogP contribution in [0.3, 0.4) is 0 Å². The van der Waals surface area contributed by atoms with Crippen molar-refractivity contribution < 1.29 is 23.1 Å². The predicted molar refractivity (Wildman–Crippen MR) is 102 cm³/mol. The average Bonchev–Trinajstić information content (AvgIpc) is 3.06. The van der Waals surface area contributed by atoms with Gasteiger partial charge in [-0.2, -0.15) is 4.31 Å². The number of ether oxygens (including phenoxy) is 1. The van der Waals surface area contributed by atoms with Gasteiger partial charge < -0.3 is 9.84 Å². The van der Waals surface area contributed by atoms with Crippen LogP contribution in [0.15, 0.2) is 47.4 Å². The second-order valence-corrected chi connectivity index (χ2v) is 8.94. The molecule has 1 heterocycles. The maximum Gasteiger partial charge on any atom is 0.324 e. The van der Waals surface area contributed by atoms with Crippen LogP contribution in [0.25, 0.3) is 0 Å². The van der Waals surface area contributed by atoms with Crippen molar-refractivity contribution in [3.63, 3.8) is 0 Å². The topological polar surface area (TPSA) is 83.9 Å². The van der Waals surface area contributed by atoms with Crippen LogP contribution in [0.2, 0.25) is 10.0 Å². The standard InChI is InChI=1S/C18H17Cl2NO5S/c1-26-18(23)17-16(11-2-4-14(22)5-3-11)6-7-21(17)27(24,25)15-9-12(19)8-13(20)10-15/h2-5,8-10,16-17,22H,6-7H2,1H3/t16?,17-/m0/s1. The Balaban J connectivity index is 2.03. The molecule has 3 rings (SSSR count). The normalized spacial score (nSPS) is 20.6. The molecule has 0 spiro atoms. The number of methoxy groups -OCH3 is 1. The van der Waals surface area contributed by atoms with E-state index >= 15 is 0 Å². The highest BCUT2D eigenvalue weighted by molar-refractivity contribution is 7.89. The highest BCUT2D eigenvalue weighted by Gasteiger charge is 2.47. The molecule has 144 valence electrons. The second-order valence-electron chi connectivity index (χ2n) is 6.18. The van der Waals surface area contributed by atoms with Crippen LogP contribution in [-0.2, 0) is 19.6 Å². The summed E-state index contributed by atoms with van der Waals surface area (Å²) in [5.74, 6) is -0.964. The van der Waals surface area contributed by atoms with Gasteiger partial charge in [-0.15, -0.1) is 0 Å². The van der Waals surface area contributed by atoms with E-state index in [1.807, 2.05) is 0 Å². The fraction of sp³-hybridized carbons (Fsp3) is 0.278. The van der Waals surface area contributed by atoms with Crippen LogP contribution in [0, 0.1) is 0 Å². The molecule has 2 aromatic carbocycles. The number of esters is 1. The number of hydrogen-bond acceptors (Lipinski definition) is 5. The molecular formula is C18H17Cl2NO5S. The summed E-state index contributed by atoms with van der Waals surface area (Å²) in [4.78, 5) is 12.4. The Morgan fingerprint density at radius 3 is 2.30 bits per heavy atom. The van der Waals surface area contributed by atoms with Crippen LogP contribution in [-0.4, -0.2) is 43.5 Å². The molecule has 2 atom stereocenters. The molecular weight excluding hydrogens is 413 g/mol. The van der Waals surface area contributed by atoms with Gasteiger partial charge in [0.2, 0.25) is 10.0 Å². The molecule has 0 amide bonds. The first-order chi connectivity index (χ1) is 12.7. The summed E-state index contributed by atoms with van der Waals surface area (Å²) < 4.78 is 32.3. The summed E-state index contributed by atoms with van der Waals surface area (Å²) in [6, 6.07) is 9.33. The zero-order valence-corrected chi connectivity index (χ0v) is 16.6. The summed E-state index contributed by atoms with van der Waals surface area (Å²) in [5, 5.41) is 9.85. The highest BCUT2D eigenvalue weighted by Crippen LogP contribution is 2.38. The largest absolute Gasteiger partial charge is 0.508 e. The molecule has 0 radical (unpaired) electrons. The first kappa shape index (κ1) is 19.9. The molecule has 1 aliphatic heterocycles. The fourth-order valence-electron chi connectivity index (χ4n) is 3.32. The third kappa shape index (κ3) is 3.91. The summed E-state index contributed by atoms with van der Waals surface area (Å²) in [6.45, 7) is 0.137. The van der Waals surface area contributed by atoms with Crippen LogP contribution >= 0.6 is 23.2 Å². The van der Waals surface area contributed by atoms with Gasteiger partial charge in [-0.3, -0.25) is 4.79 Å². The van der Waals surface area contributed by atoms with Crippen molar-refractivity contribution in [2.45, 2.75) is 23.3 Å². The zero-order chi connectivity index (χ0) is 19.8. The maximum atomic E-state index is 13.2. The van der Waals surface area contributed by atoms with E-state index in [9.17, 15) is 18.3 Å². The quantitative estimate of drug-likeness (QED) is 0.752. The van der Waals surface area contributed by atoms with Gasteiger partial charge >= 0.3 is 5.97 Å². The SMILES string of the molecule is COC(=O)[C@@H]1C(c2ccc(O)cc2)CCN1S(=O)(=O)c1cc(Cl)cc(Cl)c1. The van der Waals surface area contributed by atoms with Gasteiger partial charge in [0.15, 0.2) is 0 Å². The number of phenols is 1. The van der Waals surface area contributed by atoms with E-state index in [1.165, 1.54) is 37.4 Å². The van der Waals surface area contributed by atoms with Crippen molar-refractivity contribution in [2.24, 2.45) is 0 Å². The molecule has 1 aliphatic rings. The molecule has 1 saturated heterocycles. The number of aromatic hydroxyl groups is 1. The zero-order valence-electron chi connectivity index (χ0n) is 14.3. The Kier molecular flexibility index (Phi) is 5.67. The molecule has 27 heavy (non-hydrogen) atoms. The second kappa shape index (κ2) is 7.67. The van der Waals surface area contributed by atoms with Gasteiger partial charge in [0.1, 0.15) is 11.8 Å². The van der Waals surface area contributed by atoms with Crippen molar-refractivity contribution in [3.05, 3.63) is 58.1 Å². The number of sulfonamides is 1. The van der Waals surface area contributed by atoms with Crippen LogP contribution in [0.1, 0.15) is 17.9 Å². The molecule has 0 aromatic heterocycles. The minimum absolute atomic E-state index is 0.0831. The Hall–Kier alpha value is -1.80. The third-order valence-corrected chi connectivity index (χ3v) is 6.85.